The lowest BCUT2D eigenvalue weighted by molar-refractivity contribution is 0.0286. The highest BCUT2D eigenvalue weighted by Gasteiger charge is 2.24. The van der Waals surface area contributed by atoms with Gasteiger partial charge in [0.15, 0.2) is 0 Å². The van der Waals surface area contributed by atoms with Crippen molar-refractivity contribution in [3.8, 4) is 0 Å². The van der Waals surface area contributed by atoms with Crippen molar-refractivity contribution in [2.45, 2.75) is 45.1 Å². The Balaban J connectivity index is 2.62. The Morgan fingerprint density at radius 1 is 1.53 bits per heavy atom. The van der Waals surface area contributed by atoms with E-state index in [1.54, 1.807) is 43.9 Å². The highest BCUT2D eigenvalue weighted by molar-refractivity contribution is 5.68. The minimum atomic E-state index is -1.09. The molecule has 0 radical (unpaired) electrons. The fourth-order valence-corrected chi connectivity index (χ4v) is 1.46. The number of hydrogen-bond donors (Lipinski definition) is 3. The molecular weight excluding hydrogens is 250 g/mol. The molecule has 1 amide bonds. The van der Waals surface area contributed by atoms with E-state index in [1.165, 1.54) is 0 Å². The van der Waals surface area contributed by atoms with E-state index < -0.39 is 30.4 Å². The first-order valence-electron chi connectivity index (χ1n) is 6.07. The van der Waals surface area contributed by atoms with Gasteiger partial charge in [-0.1, -0.05) is 0 Å². The van der Waals surface area contributed by atoms with Crippen LogP contribution in [0.1, 0.15) is 20.8 Å². The lowest BCUT2D eigenvalue weighted by Gasteiger charge is -2.25. The molecule has 0 fully saturated rings. The van der Waals surface area contributed by atoms with Crippen LogP contribution >= 0.6 is 0 Å². The van der Waals surface area contributed by atoms with Gasteiger partial charge < -0.3 is 20.3 Å². The van der Waals surface area contributed by atoms with Crippen molar-refractivity contribution in [1.29, 1.82) is 0 Å². The smallest absolute Gasteiger partial charge is 0.408 e. The molecule has 0 saturated heterocycles. The Hall–Kier alpha value is -1.60. The van der Waals surface area contributed by atoms with Gasteiger partial charge >= 0.3 is 6.09 Å². The monoisotopic (exact) mass is 271 g/mol. The molecule has 0 saturated carbocycles. The average Bonchev–Trinajstić information content (AvgIpc) is 2.77. The van der Waals surface area contributed by atoms with Crippen LogP contribution in [0.2, 0.25) is 0 Å². The number of ether oxygens (including phenoxy) is 1. The van der Waals surface area contributed by atoms with Gasteiger partial charge in [0.05, 0.1) is 25.3 Å². The van der Waals surface area contributed by atoms with Gasteiger partial charge in [0, 0.05) is 12.4 Å². The topological polar surface area (TPSA) is 96.6 Å². The van der Waals surface area contributed by atoms with Gasteiger partial charge in [0.25, 0.3) is 0 Å². The summed E-state index contributed by atoms with van der Waals surface area (Å²) in [4.78, 5) is 11.7. The largest absolute Gasteiger partial charge is 0.444 e. The third-order valence-electron chi connectivity index (χ3n) is 2.30. The minimum absolute atomic E-state index is 0.244. The first kappa shape index (κ1) is 15.5. The lowest BCUT2D eigenvalue weighted by Crippen LogP contribution is -2.49. The van der Waals surface area contributed by atoms with Crippen LogP contribution in [-0.2, 0) is 11.3 Å². The summed E-state index contributed by atoms with van der Waals surface area (Å²) in [6, 6.07) is 1.05. The van der Waals surface area contributed by atoms with Gasteiger partial charge in [-0.3, -0.25) is 4.68 Å². The Labute approximate surface area is 112 Å². The van der Waals surface area contributed by atoms with E-state index in [4.69, 9.17) is 9.84 Å². The van der Waals surface area contributed by atoms with Gasteiger partial charge in [-0.05, 0) is 26.8 Å². The first-order valence-corrected chi connectivity index (χ1v) is 6.07. The minimum Gasteiger partial charge on any atom is -0.444 e. The van der Waals surface area contributed by atoms with Crippen molar-refractivity contribution < 1.29 is 19.7 Å². The van der Waals surface area contributed by atoms with Crippen LogP contribution < -0.4 is 5.32 Å². The second-order valence-corrected chi connectivity index (χ2v) is 5.23. The van der Waals surface area contributed by atoms with Gasteiger partial charge in [0.1, 0.15) is 5.60 Å². The summed E-state index contributed by atoms with van der Waals surface area (Å²) >= 11 is 0. The molecule has 1 rings (SSSR count). The zero-order valence-electron chi connectivity index (χ0n) is 11.4. The number of nitrogens with zero attached hydrogens (tertiary/aromatic N) is 2. The molecule has 0 aliphatic rings. The molecule has 7 heteroatoms. The molecular formula is C12H21N3O4. The Bertz CT molecular complexity index is 386. The number of carbonyl (C=O) groups excluding carboxylic acids is 1. The second kappa shape index (κ2) is 6.53. The molecule has 7 nitrogen and oxygen atoms in total. The molecule has 0 aliphatic carbocycles. The molecule has 108 valence electrons. The van der Waals surface area contributed by atoms with Gasteiger partial charge in [0.2, 0.25) is 0 Å². The SMILES string of the molecule is CC(C)(C)OC(=O)NC(Cn1cccn1)C(O)CO. The summed E-state index contributed by atoms with van der Waals surface area (Å²) in [5.74, 6) is 0. The summed E-state index contributed by atoms with van der Waals surface area (Å²) in [6.45, 7) is 5.03. The molecule has 2 atom stereocenters. The van der Waals surface area contributed by atoms with E-state index in [2.05, 4.69) is 10.4 Å². The van der Waals surface area contributed by atoms with E-state index >= 15 is 0 Å². The van der Waals surface area contributed by atoms with Gasteiger partial charge in [-0.15, -0.1) is 0 Å². The maximum atomic E-state index is 11.7. The molecule has 2 unspecified atom stereocenters. The van der Waals surface area contributed by atoms with Crippen molar-refractivity contribution in [3.63, 3.8) is 0 Å². The summed E-state index contributed by atoms with van der Waals surface area (Å²) in [6.07, 6.45) is 1.57. The Kier molecular flexibility index (Phi) is 5.31. The predicted molar refractivity (Wildman–Crippen MR) is 68.5 cm³/mol. The van der Waals surface area contributed by atoms with Crippen molar-refractivity contribution in [1.82, 2.24) is 15.1 Å². The molecule has 1 aromatic rings. The number of aliphatic hydroxyl groups is 2. The number of amides is 1. The zero-order valence-corrected chi connectivity index (χ0v) is 11.4. The number of aromatic nitrogens is 2. The number of nitrogens with one attached hydrogen (secondary N) is 1. The van der Waals surface area contributed by atoms with Crippen LogP contribution in [0.15, 0.2) is 18.5 Å². The highest BCUT2D eigenvalue weighted by atomic mass is 16.6. The normalized spacial score (nSPS) is 14.8. The fourth-order valence-electron chi connectivity index (χ4n) is 1.46. The highest BCUT2D eigenvalue weighted by Crippen LogP contribution is 2.07. The molecule has 3 N–H and O–H groups in total. The second-order valence-electron chi connectivity index (χ2n) is 5.23. The number of carbonyl (C=O) groups is 1. The van der Waals surface area contributed by atoms with E-state index in [-0.39, 0.29) is 6.54 Å². The Morgan fingerprint density at radius 2 is 2.21 bits per heavy atom. The van der Waals surface area contributed by atoms with E-state index in [0.29, 0.717) is 0 Å². The first-order chi connectivity index (χ1) is 8.81. The van der Waals surface area contributed by atoms with Crippen LogP contribution in [0.3, 0.4) is 0 Å². The van der Waals surface area contributed by atoms with Crippen molar-refractivity contribution in [3.05, 3.63) is 18.5 Å². The molecule has 0 bridgehead atoms. The summed E-state index contributed by atoms with van der Waals surface area (Å²) < 4.78 is 6.67. The molecule has 0 aliphatic heterocycles. The number of alkyl carbamates (subject to hydrolysis) is 1. The van der Waals surface area contributed by atoms with Crippen molar-refractivity contribution in [2.75, 3.05) is 6.61 Å². The van der Waals surface area contributed by atoms with Crippen LogP contribution in [0.4, 0.5) is 4.79 Å². The zero-order chi connectivity index (χ0) is 14.5. The molecule has 0 aromatic carbocycles. The van der Waals surface area contributed by atoms with Crippen LogP contribution in [0.5, 0.6) is 0 Å². The van der Waals surface area contributed by atoms with Gasteiger partial charge in [-0.25, -0.2) is 4.79 Å². The summed E-state index contributed by atoms with van der Waals surface area (Å²) in [7, 11) is 0. The third-order valence-corrected chi connectivity index (χ3v) is 2.30. The van der Waals surface area contributed by atoms with Crippen LogP contribution in [0, 0.1) is 0 Å². The molecule has 19 heavy (non-hydrogen) atoms. The molecule has 1 heterocycles. The Morgan fingerprint density at radius 3 is 2.68 bits per heavy atom. The fraction of sp³-hybridized carbons (Fsp3) is 0.667. The number of aliphatic hydroxyl groups excluding tert-OH is 2. The van der Waals surface area contributed by atoms with E-state index in [0.717, 1.165) is 0 Å². The van der Waals surface area contributed by atoms with Crippen molar-refractivity contribution in [2.24, 2.45) is 0 Å². The maximum Gasteiger partial charge on any atom is 0.408 e. The van der Waals surface area contributed by atoms with Crippen LogP contribution in [0.25, 0.3) is 0 Å². The predicted octanol–water partition coefficient (Wildman–Crippen LogP) is 0.130. The van der Waals surface area contributed by atoms with Crippen molar-refractivity contribution >= 4 is 6.09 Å². The molecule has 0 spiro atoms. The average molecular weight is 271 g/mol. The van der Waals surface area contributed by atoms with E-state index in [9.17, 15) is 9.90 Å². The number of rotatable bonds is 5. The number of hydrogen-bond acceptors (Lipinski definition) is 5. The van der Waals surface area contributed by atoms with E-state index in [1.807, 2.05) is 0 Å². The maximum absolute atomic E-state index is 11.7. The standard InChI is InChI=1S/C12H21N3O4/c1-12(2,3)19-11(18)14-9(10(17)8-16)7-15-6-4-5-13-15/h4-6,9-10,16-17H,7-8H2,1-3H3,(H,14,18). The third kappa shape index (κ3) is 5.71. The van der Waals surface area contributed by atoms with Crippen LogP contribution in [-0.4, -0.2) is 50.4 Å². The molecule has 1 aromatic heterocycles. The summed E-state index contributed by atoms with van der Waals surface area (Å²) in [5, 5.41) is 25.2. The van der Waals surface area contributed by atoms with Gasteiger partial charge in [-0.2, -0.15) is 5.10 Å². The summed E-state index contributed by atoms with van der Waals surface area (Å²) in [5.41, 5.74) is -0.621. The quantitative estimate of drug-likeness (QED) is 0.707. The lowest BCUT2D eigenvalue weighted by atomic mass is 10.1.